The van der Waals surface area contributed by atoms with Crippen LogP contribution in [-0.4, -0.2) is 17.1 Å². The van der Waals surface area contributed by atoms with E-state index in [1.54, 1.807) is 7.11 Å². The van der Waals surface area contributed by atoms with E-state index in [4.69, 9.17) is 27.9 Å². The maximum Gasteiger partial charge on any atom is 0.166 e. The van der Waals surface area contributed by atoms with Crippen LogP contribution in [0.3, 0.4) is 0 Å². The van der Waals surface area contributed by atoms with Crippen molar-refractivity contribution in [3.8, 4) is 17.1 Å². The van der Waals surface area contributed by atoms with Crippen molar-refractivity contribution in [3.05, 3.63) is 36.5 Å². The van der Waals surface area contributed by atoms with Crippen LogP contribution in [0.15, 0.2) is 22.7 Å². The van der Waals surface area contributed by atoms with Crippen molar-refractivity contribution in [2.24, 2.45) is 0 Å². The van der Waals surface area contributed by atoms with Gasteiger partial charge in [0.05, 0.1) is 16.2 Å². The Hall–Kier alpha value is -0.110. The zero-order valence-electron chi connectivity index (χ0n) is 9.05. The number of halogens is 4. The third kappa shape index (κ3) is 2.89. The summed E-state index contributed by atoms with van der Waals surface area (Å²) < 4.78 is 6.80. The fourth-order valence-corrected chi connectivity index (χ4v) is 2.36. The molecule has 0 atom stereocenters. The third-order valence-electron chi connectivity index (χ3n) is 2.17. The van der Waals surface area contributed by atoms with Crippen molar-refractivity contribution < 1.29 is 4.74 Å². The highest BCUT2D eigenvalue weighted by molar-refractivity contribution is 14.1. The molecule has 0 aliphatic rings. The Balaban J connectivity index is 2.65. The van der Waals surface area contributed by atoms with E-state index in [0.717, 1.165) is 10.0 Å². The molecule has 0 saturated carbocycles. The van der Waals surface area contributed by atoms with Gasteiger partial charge in [-0.1, -0.05) is 39.1 Å². The predicted molar refractivity (Wildman–Crippen MR) is 84.5 cm³/mol. The smallest absolute Gasteiger partial charge is 0.166 e. The SMILES string of the molecule is COc1ccc(Br)cc1-c1nc(Cl)c(I)c(Cl)n1. The van der Waals surface area contributed by atoms with E-state index in [2.05, 4.69) is 25.9 Å². The van der Waals surface area contributed by atoms with Gasteiger partial charge in [-0.15, -0.1) is 0 Å². The Morgan fingerprint density at radius 2 is 1.83 bits per heavy atom. The van der Waals surface area contributed by atoms with E-state index in [-0.39, 0.29) is 0 Å². The Morgan fingerprint density at radius 1 is 1.22 bits per heavy atom. The van der Waals surface area contributed by atoms with Gasteiger partial charge in [-0.05, 0) is 40.8 Å². The number of methoxy groups -OCH3 is 1. The summed E-state index contributed by atoms with van der Waals surface area (Å²) in [5.74, 6) is 1.09. The molecule has 0 bridgehead atoms. The van der Waals surface area contributed by atoms with Crippen molar-refractivity contribution in [1.82, 2.24) is 9.97 Å². The second-order valence-electron chi connectivity index (χ2n) is 3.29. The molecule has 18 heavy (non-hydrogen) atoms. The van der Waals surface area contributed by atoms with Gasteiger partial charge < -0.3 is 4.74 Å². The lowest BCUT2D eigenvalue weighted by Gasteiger charge is -2.09. The molecule has 0 unspecified atom stereocenters. The molecule has 0 spiro atoms. The standard InChI is InChI=1S/C11H6BrCl2IN2O/c1-18-7-3-2-5(12)4-6(7)11-16-9(13)8(15)10(14)17-11/h2-4H,1H3. The van der Waals surface area contributed by atoms with Gasteiger partial charge in [0.2, 0.25) is 0 Å². The van der Waals surface area contributed by atoms with Crippen molar-refractivity contribution in [3.63, 3.8) is 0 Å². The van der Waals surface area contributed by atoms with Crippen LogP contribution in [0.1, 0.15) is 0 Å². The topological polar surface area (TPSA) is 35.0 Å². The Kier molecular flexibility index (Phi) is 4.69. The van der Waals surface area contributed by atoms with Gasteiger partial charge in [0, 0.05) is 4.47 Å². The van der Waals surface area contributed by atoms with E-state index in [0.29, 0.717) is 25.5 Å². The number of aromatic nitrogens is 2. The molecule has 0 saturated heterocycles. The first-order valence-electron chi connectivity index (χ1n) is 4.75. The van der Waals surface area contributed by atoms with Crippen molar-refractivity contribution >= 4 is 61.7 Å². The van der Waals surface area contributed by atoms with E-state index in [1.165, 1.54) is 0 Å². The van der Waals surface area contributed by atoms with E-state index in [1.807, 2.05) is 40.8 Å². The average Bonchev–Trinajstić information content (AvgIpc) is 2.35. The van der Waals surface area contributed by atoms with E-state index < -0.39 is 0 Å². The summed E-state index contributed by atoms with van der Waals surface area (Å²) >= 11 is 17.4. The first kappa shape index (κ1) is 14.3. The van der Waals surface area contributed by atoms with Crippen LogP contribution in [0.4, 0.5) is 0 Å². The lowest BCUT2D eigenvalue weighted by atomic mass is 10.2. The largest absolute Gasteiger partial charge is 0.496 e. The molecule has 0 amide bonds. The van der Waals surface area contributed by atoms with Gasteiger partial charge in [0.1, 0.15) is 16.1 Å². The molecule has 0 radical (unpaired) electrons. The van der Waals surface area contributed by atoms with Gasteiger partial charge in [-0.3, -0.25) is 0 Å². The van der Waals surface area contributed by atoms with Crippen LogP contribution in [0.2, 0.25) is 10.3 Å². The van der Waals surface area contributed by atoms with E-state index in [9.17, 15) is 0 Å². The molecule has 3 nitrogen and oxygen atoms in total. The number of hydrogen-bond acceptors (Lipinski definition) is 3. The van der Waals surface area contributed by atoms with Crippen LogP contribution in [0, 0.1) is 3.57 Å². The van der Waals surface area contributed by atoms with E-state index >= 15 is 0 Å². The van der Waals surface area contributed by atoms with Crippen molar-refractivity contribution in [1.29, 1.82) is 0 Å². The zero-order valence-corrected chi connectivity index (χ0v) is 14.3. The van der Waals surface area contributed by atoms with Gasteiger partial charge in [-0.2, -0.15) is 0 Å². The summed E-state index contributed by atoms with van der Waals surface area (Å²) in [4.78, 5) is 8.43. The summed E-state index contributed by atoms with van der Waals surface area (Å²) in [6.07, 6.45) is 0. The molecule has 2 rings (SSSR count). The molecule has 0 aliphatic heterocycles. The summed E-state index contributed by atoms with van der Waals surface area (Å²) in [5.41, 5.74) is 0.729. The van der Waals surface area contributed by atoms with Crippen LogP contribution >= 0.6 is 61.7 Å². The molecular formula is C11H6BrCl2IN2O. The summed E-state index contributed by atoms with van der Waals surface area (Å²) in [7, 11) is 1.59. The van der Waals surface area contributed by atoms with Crippen LogP contribution in [0.5, 0.6) is 5.75 Å². The number of hydrogen-bond donors (Lipinski definition) is 0. The molecule has 7 heteroatoms. The van der Waals surface area contributed by atoms with Crippen LogP contribution in [0.25, 0.3) is 11.4 Å². The quantitative estimate of drug-likeness (QED) is 0.477. The lowest BCUT2D eigenvalue weighted by molar-refractivity contribution is 0.416. The first-order chi connectivity index (χ1) is 8.52. The molecule has 2 aromatic rings. The van der Waals surface area contributed by atoms with Gasteiger partial charge in [0.25, 0.3) is 0 Å². The first-order valence-corrected chi connectivity index (χ1v) is 7.38. The maximum atomic E-state index is 6.01. The van der Waals surface area contributed by atoms with Crippen molar-refractivity contribution in [2.75, 3.05) is 7.11 Å². The number of nitrogens with zero attached hydrogens (tertiary/aromatic N) is 2. The minimum absolute atomic E-state index is 0.327. The monoisotopic (exact) mass is 458 g/mol. The number of benzene rings is 1. The fraction of sp³-hybridized carbons (Fsp3) is 0.0909. The van der Waals surface area contributed by atoms with Gasteiger partial charge in [0.15, 0.2) is 5.82 Å². The highest BCUT2D eigenvalue weighted by atomic mass is 127. The zero-order chi connectivity index (χ0) is 13.3. The molecule has 94 valence electrons. The van der Waals surface area contributed by atoms with Crippen molar-refractivity contribution in [2.45, 2.75) is 0 Å². The molecular weight excluding hydrogens is 454 g/mol. The molecule has 1 heterocycles. The second kappa shape index (κ2) is 5.90. The van der Waals surface area contributed by atoms with Gasteiger partial charge >= 0.3 is 0 Å². The normalized spacial score (nSPS) is 10.5. The fourth-order valence-electron chi connectivity index (χ4n) is 1.37. The highest BCUT2D eigenvalue weighted by Crippen LogP contribution is 2.33. The number of rotatable bonds is 2. The molecule has 1 aromatic heterocycles. The minimum atomic E-state index is 0.327. The molecule has 0 fully saturated rings. The van der Waals surface area contributed by atoms with Crippen LogP contribution in [-0.2, 0) is 0 Å². The third-order valence-corrected chi connectivity index (χ3v) is 4.87. The Bertz CT molecular complexity index is 587. The number of ether oxygens (including phenoxy) is 1. The van der Waals surface area contributed by atoms with Crippen LogP contribution < -0.4 is 4.74 Å². The Labute approximate surface area is 136 Å². The predicted octanol–water partition coefficient (Wildman–Crippen LogP) is 4.83. The highest BCUT2D eigenvalue weighted by Gasteiger charge is 2.14. The minimum Gasteiger partial charge on any atom is -0.496 e. The van der Waals surface area contributed by atoms with Gasteiger partial charge in [-0.25, -0.2) is 9.97 Å². The maximum absolute atomic E-state index is 6.01. The second-order valence-corrected chi connectivity index (χ2v) is 6.00. The summed E-state index contributed by atoms with van der Waals surface area (Å²) in [5, 5.41) is 0.653. The summed E-state index contributed by atoms with van der Waals surface area (Å²) in [6.45, 7) is 0. The average molecular weight is 460 g/mol. The lowest BCUT2D eigenvalue weighted by Crippen LogP contribution is -1.96. The molecule has 1 aromatic carbocycles. The Morgan fingerprint density at radius 3 is 2.39 bits per heavy atom. The summed E-state index contributed by atoms with van der Waals surface area (Å²) in [6, 6.07) is 5.55. The molecule has 0 N–H and O–H groups in total. The molecule has 0 aliphatic carbocycles.